The van der Waals surface area contributed by atoms with Gasteiger partial charge >= 0.3 is 5.97 Å². The summed E-state index contributed by atoms with van der Waals surface area (Å²) < 4.78 is 24.9. The Morgan fingerprint density at radius 3 is 2.59 bits per heavy atom. The van der Waals surface area contributed by atoms with Crippen LogP contribution in [-0.4, -0.2) is 25.0 Å². The van der Waals surface area contributed by atoms with Crippen LogP contribution in [0.3, 0.4) is 0 Å². The molecule has 0 bridgehead atoms. The summed E-state index contributed by atoms with van der Waals surface area (Å²) >= 11 is 0. The average molecular weight is 432 g/mol. The molecule has 0 saturated heterocycles. The normalized spacial score (nSPS) is 14.6. The fourth-order valence-electron chi connectivity index (χ4n) is 3.45. The van der Waals surface area contributed by atoms with Crippen LogP contribution in [0.15, 0.2) is 66.7 Å². The number of carbonyl (C=O) groups is 2. The zero-order valence-corrected chi connectivity index (χ0v) is 17.3. The molecule has 4 rings (SSSR count). The zero-order valence-electron chi connectivity index (χ0n) is 17.3. The molecule has 32 heavy (non-hydrogen) atoms. The van der Waals surface area contributed by atoms with Crippen LogP contribution in [0.25, 0.3) is 11.6 Å². The van der Waals surface area contributed by atoms with Crippen LogP contribution in [0.1, 0.15) is 16.7 Å². The molecule has 7 heteroatoms. The molecular weight excluding hydrogens is 411 g/mol. The van der Waals surface area contributed by atoms with Gasteiger partial charge in [-0.1, -0.05) is 36.4 Å². The van der Waals surface area contributed by atoms with Gasteiger partial charge in [0.2, 0.25) is 0 Å². The first-order valence-electron chi connectivity index (χ1n) is 9.97. The first-order valence-corrected chi connectivity index (χ1v) is 9.97. The lowest BCUT2D eigenvalue weighted by Crippen LogP contribution is -2.33. The van der Waals surface area contributed by atoms with E-state index in [-0.39, 0.29) is 11.7 Å². The third kappa shape index (κ3) is 4.53. The molecular formula is C25H21FN2O4. The van der Waals surface area contributed by atoms with E-state index in [4.69, 9.17) is 10.5 Å². The maximum atomic E-state index is 14.7. The highest BCUT2D eigenvalue weighted by molar-refractivity contribution is 6.34. The van der Waals surface area contributed by atoms with Crippen LogP contribution >= 0.6 is 0 Å². The minimum atomic E-state index is -0.750. The van der Waals surface area contributed by atoms with E-state index in [1.807, 2.05) is 24.3 Å². The number of hydrogen-bond acceptors (Lipinski definition) is 5. The number of amides is 1. The van der Waals surface area contributed by atoms with E-state index in [2.05, 4.69) is 10.1 Å². The number of methoxy groups -OCH3 is 1. The number of nitrogens with one attached hydrogen (secondary N) is 1. The predicted octanol–water partition coefficient (Wildman–Crippen LogP) is 4.15. The van der Waals surface area contributed by atoms with E-state index >= 15 is 0 Å². The second-order valence-corrected chi connectivity index (χ2v) is 7.33. The third-order valence-electron chi connectivity index (χ3n) is 5.09. The Balaban J connectivity index is 1.48. The molecule has 0 spiro atoms. The lowest BCUT2D eigenvalue weighted by Gasteiger charge is -2.11. The number of hydrogen-bond donors (Lipinski definition) is 2. The van der Waals surface area contributed by atoms with Gasteiger partial charge in [-0.25, -0.2) is 4.39 Å². The van der Waals surface area contributed by atoms with Crippen LogP contribution < -0.4 is 15.8 Å². The van der Waals surface area contributed by atoms with E-state index in [0.717, 1.165) is 16.8 Å². The molecule has 1 aliphatic rings. The van der Waals surface area contributed by atoms with Gasteiger partial charge in [-0.2, -0.15) is 0 Å². The topological polar surface area (TPSA) is 90.7 Å². The number of nitrogens with two attached hydrogens (primary N) is 1. The molecule has 0 saturated carbocycles. The van der Waals surface area contributed by atoms with Gasteiger partial charge in [-0.05, 0) is 54.0 Å². The molecule has 3 aromatic rings. The monoisotopic (exact) mass is 432 g/mol. The van der Waals surface area contributed by atoms with E-state index in [1.165, 1.54) is 19.2 Å². The molecule has 0 radical (unpaired) electrons. The van der Waals surface area contributed by atoms with E-state index in [1.54, 1.807) is 36.4 Å². The van der Waals surface area contributed by atoms with Crippen LogP contribution in [0.5, 0.6) is 11.5 Å². The number of halogens is 1. The first-order chi connectivity index (χ1) is 15.4. The summed E-state index contributed by atoms with van der Waals surface area (Å²) in [5, 5.41) is 2.79. The molecule has 0 aliphatic carbocycles. The molecule has 1 heterocycles. The molecule has 3 N–H and O–H groups in total. The maximum absolute atomic E-state index is 14.7. The molecule has 162 valence electrons. The largest absolute Gasteiger partial charge is 0.468 e. The number of anilines is 1. The highest BCUT2D eigenvalue weighted by Crippen LogP contribution is 2.33. The van der Waals surface area contributed by atoms with Crippen molar-refractivity contribution >= 4 is 29.2 Å². The summed E-state index contributed by atoms with van der Waals surface area (Å²) in [6.07, 6.45) is 1.97. The van der Waals surface area contributed by atoms with Crippen molar-refractivity contribution in [1.82, 2.24) is 0 Å². The maximum Gasteiger partial charge on any atom is 0.322 e. The Morgan fingerprint density at radius 2 is 1.88 bits per heavy atom. The number of para-hydroxylation sites is 1. The molecule has 1 unspecified atom stereocenters. The number of ether oxygens (including phenoxy) is 2. The van der Waals surface area contributed by atoms with Gasteiger partial charge in [0.25, 0.3) is 5.91 Å². The minimum Gasteiger partial charge on any atom is -0.468 e. The highest BCUT2D eigenvalue weighted by atomic mass is 19.1. The summed E-state index contributed by atoms with van der Waals surface area (Å²) in [5.41, 5.74) is 9.14. The van der Waals surface area contributed by atoms with Crippen LogP contribution in [0.2, 0.25) is 0 Å². The van der Waals surface area contributed by atoms with Gasteiger partial charge in [-0.3, -0.25) is 9.59 Å². The molecule has 0 fully saturated rings. The number of esters is 1. The molecule has 3 aromatic carbocycles. The number of rotatable bonds is 6. The van der Waals surface area contributed by atoms with Gasteiger partial charge < -0.3 is 20.5 Å². The quantitative estimate of drug-likeness (QED) is 0.451. The minimum absolute atomic E-state index is 0.0578. The van der Waals surface area contributed by atoms with Crippen molar-refractivity contribution < 1.29 is 23.5 Å². The average Bonchev–Trinajstić information content (AvgIpc) is 3.11. The van der Waals surface area contributed by atoms with Crippen molar-refractivity contribution in [2.75, 3.05) is 12.4 Å². The first kappa shape index (κ1) is 21.3. The summed E-state index contributed by atoms with van der Waals surface area (Å²) in [6.45, 7) is 0. The number of fused-ring (bicyclic) bond motifs is 1. The fraction of sp³-hybridized carbons (Fsp3) is 0.120. The van der Waals surface area contributed by atoms with Gasteiger partial charge in [0.05, 0.1) is 7.11 Å². The fourth-order valence-corrected chi connectivity index (χ4v) is 3.45. The second-order valence-electron chi connectivity index (χ2n) is 7.33. The molecule has 1 atom stereocenters. The Labute approximate surface area is 184 Å². The van der Waals surface area contributed by atoms with E-state index in [0.29, 0.717) is 23.3 Å². The highest BCUT2D eigenvalue weighted by Gasteiger charge is 2.23. The molecule has 1 amide bonds. The van der Waals surface area contributed by atoms with E-state index in [9.17, 15) is 14.0 Å². The van der Waals surface area contributed by atoms with Crippen molar-refractivity contribution in [3.8, 4) is 11.5 Å². The van der Waals surface area contributed by atoms with Crippen LogP contribution in [0, 0.1) is 5.82 Å². The summed E-state index contributed by atoms with van der Waals surface area (Å²) in [5.74, 6) is -0.764. The zero-order chi connectivity index (χ0) is 22.7. The Morgan fingerprint density at radius 1 is 1.12 bits per heavy atom. The van der Waals surface area contributed by atoms with Crippen LogP contribution in [0.4, 0.5) is 10.1 Å². The standard InChI is InChI=1S/C25H21FN2O4/c1-31-25(30)21(27)14-15-6-9-17(10-7-15)32-23-11-8-16(13-20(23)26)12-19-18-4-2-3-5-22(18)28-24(19)29/h2-13,21H,14,27H2,1H3,(H,28,29). The lowest BCUT2D eigenvalue weighted by atomic mass is 10.0. The van der Waals surface area contributed by atoms with Gasteiger partial charge in [0.15, 0.2) is 11.6 Å². The van der Waals surface area contributed by atoms with Gasteiger partial charge in [0.1, 0.15) is 11.8 Å². The molecule has 1 aliphatic heterocycles. The Bertz CT molecular complexity index is 1200. The molecule has 6 nitrogen and oxygen atoms in total. The second kappa shape index (κ2) is 9.03. The number of benzene rings is 3. The van der Waals surface area contributed by atoms with Gasteiger partial charge in [-0.15, -0.1) is 0 Å². The SMILES string of the molecule is COC(=O)C(N)Cc1ccc(Oc2ccc(C=C3C(=O)Nc4ccccc43)cc2F)cc1. The van der Waals surface area contributed by atoms with Crippen molar-refractivity contribution in [3.05, 3.63) is 89.2 Å². The smallest absolute Gasteiger partial charge is 0.322 e. The van der Waals surface area contributed by atoms with Gasteiger partial charge in [0, 0.05) is 16.8 Å². The summed E-state index contributed by atoms with van der Waals surface area (Å²) in [4.78, 5) is 23.7. The summed E-state index contributed by atoms with van der Waals surface area (Å²) in [7, 11) is 1.29. The predicted molar refractivity (Wildman–Crippen MR) is 120 cm³/mol. The van der Waals surface area contributed by atoms with Crippen molar-refractivity contribution in [1.29, 1.82) is 0 Å². The van der Waals surface area contributed by atoms with E-state index < -0.39 is 17.8 Å². The summed E-state index contributed by atoms with van der Waals surface area (Å²) in [6, 6.07) is 18.0. The number of carbonyl (C=O) groups excluding carboxylic acids is 2. The van der Waals surface area contributed by atoms with Crippen molar-refractivity contribution in [2.45, 2.75) is 12.5 Å². The molecule has 0 aromatic heterocycles. The Hall–Kier alpha value is -3.97. The van der Waals surface area contributed by atoms with Crippen molar-refractivity contribution in [3.63, 3.8) is 0 Å². The van der Waals surface area contributed by atoms with Crippen LogP contribution in [-0.2, 0) is 20.7 Å². The third-order valence-corrected chi connectivity index (χ3v) is 5.09. The Kier molecular flexibility index (Phi) is 6.00. The lowest BCUT2D eigenvalue weighted by molar-refractivity contribution is -0.142. The van der Waals surface area contributed by atoms with Crippen molar-refractivity contribution in [2.24, 2.45) is 5.73 Å².